The number of hydrogen-bond acceptors (Lipinski definition) is 7. The Kier molecular flexibility index (Phi) is 7.15. The van der Waals surface area contributed by atoms with Crippen molar-refractivity contribution in [2.24, 2.45) is 0 Å². The third kappa shape index (κ3) is 5.05. The Hall–Kier alpha value is -3.50. The lowest BCUT2D eigenvalue weighted by Crippen LogP contribution is -2.32. The number of fused-ring (bicyclic) bond motifs is 1. The molecule has 1 aliphatic rings. The van der Waals surface area contributed by atoms with Crippen molar-refractivity contribution in [2.75, 3.05) is 17.6 Å². The van der Waals surface area contributed by atoms with Crippen LogP contribution in [-0.4, -0.2) is 48.8 Å². The molecule has 1 aliphatic heterocycles. The Balaban J connectivity index is 1.30. The molecule has 184 valence electrons. The minimum absolute atomic E-state index is 0.00114. The van der Waals surface area contributed by atoms with Crippen molar-refractivity contribution in [1.29, 1.82) is 0 Å². The number of anilines is 1. The highest BCUT2D eigenvalue weighted by molar-refractivity contribution is 7.99. The van der Waals surface area contributed by atoms with E-state index in [0.29, 0.717) is 28.9 Å². The first kappa shape index (κ1) is 24.2. The third-order valence-electron chi connectivity index (χ3n) is 6.01. The molecule has 0 radical (unpaired) electrons. The molecular formula is C26H26N6O2S2. The zero-order valence-corrected chi connectivity index (χ0v) is 21.5. The number of carbonyl (C=O) groups excluding carboxylic acids is 2. The summed E-state index contributed by atoms with van der Waals surface area (Å²) in [6, 6.07) is 15.3. The predicted octanol–water partition coefficient (Wildman–Crippen LogP) is 5.09. The summed E-state index contributed by atoms with van der Waals surface area (Å²) in [5.74, 6) is 0.731. The van der Waals surface area contributed by atoms with E-state index in [1.165, 1.54) is 23.1 Å². The van der Waals surface area contributed by atoms with Gasteiger partial charge in [-0.1, -0.05) is 59.0 Å². The molecule has 1 saturated heterocycles. The number of hydrogen-bond donors (Lipinski definition) is 1. The fourth-order valence-electron chi connectivity index (χ4n) is 4.39. The van der Waals surface area contributed by atoms with E-state index in [2.05, 4.69) is 27.1 Å². The van der Waals surface area contributed by atoms with Crippen LogP contribution in [0.3, 0.4) is 0 Å². The first-order chi connectivity index (χ1) is 17.5. The number of likely N-dealkylation sites (tertiary alicyclic amines) is 1. The number of thiazole rings is 1. The molecule has 2 aromatic carbocycles. The molecule has 2 amide bonds. The monoisotopic (exact) mass is 518 g/mol. The summed E-state index contributed by atoms with van der Waals surface area (Å²) in [4.78, 5) is 32.3. The minimum atomic E-state index is -0.170. The van der Waals surface area contributed by atoms with Crippen molar-refractivity contribution in [1.82, 2.24) is 24.6 Å². The highest BCUT2D eigenvalue weighted by Gasteiger charge is 2.34. The maximum atomic E-state index is 13.3. The Morgan fingerprint density at radius 1 is 1.22 bits per heavy atom. The van der Waals surface area contributed by atoms with Crippen LogP contribution in [0.1, 0.15) is 40.6 Å². The van der Waals surface area contributed by atoms with Crippen molar-refractivity contribution in [3.05, 3.63) is 78.1 Å². The lowest BCUT2D eigenvalue weighted by Gasteiger charge is -2.25. The molecule has 0 bridgehead atoms. The number of nitrogens with one attached hydrogen (secondary N) is 1. The van der Waals surface area contributed by atoms with Crippen LogP contribution in [-0.2, 0) is 11.3 Å². The van der Waals surface area contributed by atoms with Crippen LogP contribution in [0, 0.1) is 6.92 Å². The molecule has 0 spiro atoms. The van der Waals surface area contributed by atoms with Gasteiger partial charge in [0, 0.05) is 18.7 Å². The first-order valence-electron chi connectivity index (χ1n) is 11.7. The molecule has 4 aromatic rings. The molecular weight excluding hydrogens is 492 g/mol. The van der Waals surface area contributed by atoms with Gasteiger partial charge in [0.2, 0.25) is 5.91 Å². The number of thioether (sulfide) groups is 1. The van der Waals surface area contributed by atoms with Gasteiger partial charge in [-0.05, 0) is 44.0 Å². The zero-order chi connectivity index (χ0) is 25.1. The summed E-state index contributed by atoms with van der Waals surface area (Å²) in [5, 5.41) is 12.9. The third-order valence-corrected chi connectivity index (χ3v) is 7.93. The summed E-state index contributed by atoms with van der Waals surface area (Å²) in [6.07, 6.45) is 3.49. The van der Waals surface area contributed by atoms with Gasteiger partial charge < -0.3 is 14.8 Å². The fourth-order valence-corrected chi connectivity index (χ4v) is 6.02. The SMILES string of the molecule is C=CCn1c(SCC(=O)Nc2nc3ccccc3s2)nnc1C1CCCN1C(=O)c1cccc(C)c1. The molecule has 0 saturated carbocycles. The van der Waals surface area contributed by atoms with E-state index in [-0.39, 0.29) is 23.6 Å². The van der Waals surface area contributed by atoms with Crippen molar-refractivity contribution < 1.29 is 9.59 Å². The highest BCUT2D eigenvalue weighted by atomic mass is 32.2. The van der Waals surface area contributed by atoms with Gasteiger partial charge in [0.25, 0.3) is 5.91 Å². The Morgan fingerprint density at radius 2 is 2.08 bits per heavy atom. The van der Waals surface area contributed by atoms with E-state index in [1.807, 2.05) is 64.9 Å². The van der Waals surface area contributed by atoms with Crippen LogP contribution in [0.4, 0.5) is 5.13 Å². The van der Waals surface area contributed by atoms with Gasteiger partial charge in [0.15, 0.2) is 16.1 Å². The molecule has 10 heteroatoms. The number of aromatic nitrogens is 4. The molecule has 3 heterocycles. The van der Waals surface area contributed by atoms with E-state index >= 15 is 0 Å². The van der Waals surface area contributed by atoms with Gasteiger partial charge in [0.1, 0.15) is 0 Å². The van der Waals surface area contributed by atoms with E-state index in [9.17, 15) is 9.59 Å². The Morgan fingerprint density at radius 3 is 2.89 bits per heavy atom. The Labute approximate surface area is 217 Å². The Bertz CT molecular complexity index is 1400. The lowest BCUT2D eigenvalue weighted by molar-refractivity contribution is -0.113. The number of benzene rings is 2. The number of aryl methyl sites for hydroxylation is 1. The topological polar surface area (TPSA) is 93.0 Å². The van der Waals surface area contributed by atoms with Crippen molar-refractivity contribution in [3.63, 3.8) is 0 Å². The number of para-hydroxylation sites is 1. The van der Waals surface area contributed by atoms with Crippen LogP contribution in [0.25, 0.3) is 10.2 Å². The average molecular weight is 519 g/mol. The van der Waals surface area contributed by atoms with Crippen LogP contribution < -0.4 is 5.32 Å². The minimum Gasteiger partial charge on any atom is -0.328 e. The molecule has 0 aliphatic carbocycles. The second kappa shape index (κ2) is 10.6. The van der Waals surface area contributed by atoms with Gasteiger partial charge >= 0.3 is 0 Å². The number of allylic oxidation sites excluding steroid dienone is 1. The van der Waals surface area contributed by atoms with Crippen molar-refractivity contribution in [3.8, 4) is 0 Å². The summed E-state index contributed by atoms with van der Waals surface area (Å²) in [7, 11) is 0. The molecule has 1 unspecified atom stereocenters. The zero-order valence-electron chi connectivity index (χ0n) is 19.9. The maximum absolute atomic E-state index is 13.3. The van der Waals surface area contributed by atoms with Gasteiger partial charge in [-0.25, -0.2) is 4.98 Å². The maximum Gasteiger partial charge on any atom is 0.254 e. The van der Waals surface area contributed by atoms with Crippen molar-refractivity contribution >= 4 is 50.3 Å². The summed E-state index contributed by atoms with van der Waals surface area (Å²) >= 11 is 2.76. The predicted molar refractivity (Wildman–Crippen MR) is 143 cm³/mol. The lowest BCUT2D eigenvalue weighted by atomic mass is 10.1. The van der Waals surface area contributed by atoms with Gasteiger partial charge in [-0.2, -0.15) is 0 Å². The molecule has 8 nitrogen and oxygen atoms in total. The van der Waals surface area contributed by atoms with E-state index < -0.39 is 0 Å². The van der Waals surface area contributed by atoms with Crippen LogP contribution in [0.15, 0.2) is 66.3 Å². The second-order valence-corrected chi connectivity index (χ2v) is 10.6. The van der Waals surface area contributed by atoms with E-state index in [1.54, 1.807) is 6.08 Å². The number of amides is 2. The second-order valence-electron chi connectivity index (χ2n) is 8.59. The largest absolute Gasteiger partial charge is 0.328 e. The highest BCUT2D eigenvalue weighted by Crippen LogP contribution is 2.34. The molecule has 5 rings (SSSR count). The number of nitrogens with zero attached hydrogens (tertiary/aromatic N) is 5. The van der Waals surface area contributed by atoms with Crippen LogP contribution in [0.2, 0.25) is 0 Å². The summed E-state index contributed by atoms with van der Waals surface area (Å²) in [5.41, 5.74) is 2.59. The average Bonchev–Trinajstić information content (AvgIpc) is 3.60. The van der Waals surface area contributed by atoms with E-state index in [4.69, 9.17) is 0 Å². The molecule has 1 atom stereocenters. The normalized spacial score (nSPS) is 15.4. The standard InChI is InChI=1S/C26H26N6O2S2/c1-3-13-32-23(20-11-7-14-31(20)24(34)18-9-6-8-17(2)15-18)29-30-26(32)35-16-22(33)28-25-27-19-10-4-5-12-21(19)36-25/h3-6,8-10,12,15,20H,1,7,11,13-14,16H2,2H3,(H,27,28,33). The summed E-state index contributed by atoms with van der Waals surface area (Å²) < 4.78 is 2.98. The van der Waals surface area contributed by atoms with E-state index in [0.717, 1.165) is 34.4 Å². The number of carbonyl (C=O) groups is 2. The first-order valence-corrected chi connectivity index (χ1v) is 13.5. The molecule has 1 N–H and O–H groups in total. The van der Waals surface area contributed by atoms with Gasteiger partial charge in [-0.3, -0.25) is 9.59 Å². The van der Waals surface area contributed by atoms with Gasteiger partial charge in [0.05, 0.1) is 22.0 Å². The molecule has 2 aromatic heterocycles. The smallest absolute Gasteiger partial charge is 0.254 e. The number of rotatable bonds is 8. The summed E-state index contributed by atoms with van der Waals surface area (Å²) in [6.45, 7) is 7.02. The fraction of sp³-hybridized carbons (Fsp3) is 0.269. The van der Waals surface area contributed by atoms with Crippen LogP contribution >= 0.6 is 23.1 Å². The van der Waals surface area contributed by atoms with Gasteiger partial charge in [-0.15, -0.1) is 16.8 Å². The quantitative estimate of drug-likeness (QED) is 0.258. The molecule has 36 heavy (non-hydrogen) atoms. The van der Waals surface area contributed by atoms with Crippen molar-refractivity contribution in [2.45, 2.75) is 37.5 Å². The molecule has 1 fully saturated rings. The van der Waals surface area contributed by atoms with Crippen LogP contribution in [0.5, 0.6) is 0 Å².